The molecular formula is C27H23F6NO2. The fraction of sp³-hybridized carbons (Fsp3) is 0.296. The molecule has 0 radical (unpaired) electrons. The minimum atomic E-state index is -5.02. The number of alkyl halides is 6. The molecule has 3 nitrogen and oxygen atoms in total. The first kappa shape index (κ1) is 25.6. The summed E-state index contributed by atoms with van der Waals surface area (Å²) in [5.74, 6) is -1.72. The maximum Gasteiger partial charge on any atom is 0.425 e. The van der Waals surface area contributed by atoms with Crippen LogP contribution >= 0.6 is 0 Å². The molecule has 2 unspecified atom stereocenters. The zero-order valence-corrected chi connectivity index (χ0v) is 19.4. The van der Waals surface area contributed by atoms with Gasteiger partial charge in [0.15, 0.2) is 6.10 Å². The molecule has 0 spiro atoms. The standard InChI is InChI=1S/C27H23F6NO2/c1-16-15-25(16,21-11-9-18-7-5-3-4-6-8-19(18)13-21)34-24(35)20-10-12-23(22(14-20)27(31,32)33)36-17(2)26(28,29)30/h3-14,16-17H,15H2,1-2H3,(H,34,35)/b4-3+,5-3?,6-4?,7-5+,8-6-,18-7?,19-8?/t16?,17?,25-/m1/s1. The second-order valence-corrected chi connectivity index (χ2v) is 8.99. The quantitative estimate of drug-likeness (QED) is 0.432. The van der Waals surface area contributed by atoms with Crippen LogP contribution in [0.5, 0.6) is 5.75 Å². The van der Waals surface area contributed by atoms with Gasteiger partial charge in [-0.3, -0.25) is 4.79 Å². The number of hydrogen-bond donors (Lipinski definition) is 1. The lowest BCUT2D eigenvalue weighted by atomic mass is 9.95. The highest BCUT2D eigenvalue weighted by Crippen LogP contribution is 2.52. The van der Waals surface area contributed by atoms with Crippen LogP contribution in [0.3, 0.4) is 0 Å². The minimum Gasteiger partial charge on any atom is -0.481 e. The number of allylic oxidation sites excluding steroid dienone is 4. The lowest BCUT2D eigenvalue weighted by molar-refractivity contribution is -0.191. The maximum atomic E-state index is 13.6. The van der Waals surface area contributed by atoms with Gasteiger partial charge in [0.25, 0.3) is 5.91 Å². The molecule has 1 N–H and O–H groups in total. The van der Waals surface area contributed by atoms with E-state index in [-0.39, 0.29) is 11.5 Å². The number of halogens is 6. The Morgan fingerprint density at radius 2 is 1.61 bits per heavy atom. The summed E-state index contributed by atoms with van der Waals surface area (Å²) in [5.41, 5.74) is 0.190. The summed E-state index contributed by atoms with van der Waals surface area (Å²) in [4.78, 5) is 13.0. The third-order valence-electron chi connectivity index (χ3n) is 6.44. The van der Waals surface area contributed by atoms with Crippen molar-refractivity contribution >= 4 is 18.1 Å². The van der Waals surface area contributed by atoms with E-state index in [1.165, 1.54) is 0 Å². The van der Waals surface area contributed by atoms with Crippen molar-refractivity contribution in [1.29, 1.82) is 0 Å². The molecule has 0 heterocycles. The van der Waals surface area contributed by atoms with Gasteiger partial charge in [-0.1, -0.05) is 55.5 Å². The Bertz CT molecular complexity index is 1260. The topological polar surface area (TPSA) is 38.3 Å². The Balaban J connectivity index is 1.62. The molecule has 1 saturated carbocycles. The zero-order chi connectivity index (χ0) is 26.3. The van der Waals surface area contributed by atoms with E-state index >= 15 is 0 Å². The average molecular weight is 507 g/mol. The van der Waals surface area contributed by atoms with Crippen LogP contribution in [0.15, 0.2) is 60.7 Å². The summed E-state index contributed by atoms with van der Waals surface area (Å²) < 4.78 is 83.9. The monoisotopic (exact) mass is 507 g/mol. The lowest BCUT2D eigenvalue weighted by Crippen LogP contribution is -2.36. The van der Waals surface area contributed by atoms with Crippen molar-refractivity contribution in [2.24, 2.45) is 5.92 Å². The number of hydrogen-bond acceptors (Lipinski definition) is 2. The maximum absolute atomic E-state index is 13.6. The van der Waals surface area contributed by atoms with Crippen LogP contribution in [-0.2, 0) is 11.7 Å². The van der Waals surface area contributed by atoms with Gasteiger partial charge in [-0.15, -0.1) is 0 Å². The Labute approximate surface area is 204 Å². The molecule has 2 aliphatic rings. The molecule has 2 aromatic rings. The van der Waals surface area contributed by atoms with Crippen LogP contribution in [0, 0.1) is 5.92 Å². The summed E-state index contributed by atoms with van der Waals surface area (Å²) in [6.45, 7) is 2.54. The van der Waals surface area contributed by atoms with E-state index in [9.17, 15) is 31.1 Å². The van der Waals surface area contributed by atoms with E-state index < -0.39 is 41.2 Å². The van der Waals surface area contributed by atoms with E-state index in [1.807, 2.05) is 61.6 Å². The number of rotatable bonds is 5. The third-order valence-corrected chi connectivity index (χ3v) is 6.44. The number of fused-ring (bicyclic) bond motifs is 1. The largest absolute Gasteiger partial charge is 0.481 e. The smallest absolute Gasteiger partial charge is 0.425 e. The van der Waals surface area contributed by atoms with Gasteiger partial charge in [0.05, 0.1) is 11.1 Å². The van der Waals surface area contributed by atoms with Crippen molar-refractivity contribution in [1.82, 2.24) is 5.32 Å². The summed E-state index contributed by atoms with van der Waals surface area (Å²) >= 11 is 0. The second kappa shape index (κ2) is 9.19. The zero-order valence-electron chi connectivity index (χ0n) is 19.4. The molecule has 0 saturated heterocycles. The van der Waals surface area contributed by atoms with Crippen molar-refractivity contribution in [3.63, 3.8) is 0 Å². The SMILES string of the molecule is CC(Oc1ccc(C(=O)N[C@]2(c3ccc4c(c3)\C=C/C=C/C=C/4)CC2C)cc1C(F)(F)F)C(F)(F)F. The second-order valence-electron chi connectivity index (χ2n) is 8.99. The van der Waals surface area contributed by atoms with Gasteiger partial charge in [0, 0.05) is 5.56 Å². The van der Waals surface area contributed by atoms with Crippen LogP contribution in [0.25, 0.3) is 12.2 Å². The summed E-state index contributed by atoms with van der Waals surface area (Å²) in [5, 5.41) is 2.86. The number of amides is 1. The van der Waals surface area contributed by atoms with Gasteiger partial charge >= 0.3 is 12.4 Å². The molecule has 4 rings (SSSR count). The Kier molecular flexibility index (Phi) is 6.53. The Hall–Kier alpha value is -3.49. The number of carbonyl (C=O) groups is 1. The average Bonchev–Trinajstić information content (AvgIpc) is 3.42. The van der Waals surface area contributed by atoms with Gasteiger partial charge < -0.3 is 10.1 Å². The molecule has 2 aromatic carbocycles. The fourth-order valence-corrected chi connectivity index (χ4v) is 4.20. The normalized spacial score (nSPS) is 24.5. The van der Waals surface area contributed by atoms with Crippen molar-refractivity contribution in [3.05, 3.63) is 88.5 Å². The van der Waals surface area contributed by atoms with Gasteiger partial charge in [0.1, 0.15) is 5.75 Å². The lowest BCUT2D eigenvalue weighted by Gasteiger charge is -2.23. The molecular weight excluding hydrogens is 484 g/mol. The molecule has 0 bridgehead atoms. The predicted octanol–water partition coefficient (Wildman–Crippen LogP) is 7.30. The van der Waals surface area contributed by atoms with Gasteiger partial charge in [-0.05, 0) is 60.2 Å². The number of benzene rings is 2. The highest BCUT2D eigenvalue weighted by atomic mass is 19.4. The Morgan fingerprint density at radius 1 is 0.972 bits per heavy atom. The fourth-order valence-electron chi connectivity index (χ4n) is 4.20. The summed E-state index contributed by atoms with van der Waals surface area (Å²) in [6.07, 6.45) is -0.292. The van der Waals surface area contributed by atoms with Crippen LogP contribution in [-0.4, -0.2) is 18.2 Å². The first-order chi connectivity index (χ1) is 16.8. The van der Waals surface area contributed by atoms with Gasteiger partial charge in [-0.2, -0.15) is 26.3 Å². The molecule has 1 amide bonds. The molecule has 1 fully saturated rings. The molecule has 0 aliphatic heterocycles. The first-order valence-electron chi connectivity index (χ1n) is 11.2. The van der Waals surface area contributed by atoms with E-state index in [2.05, 4.69) is 10.1 Å². The van der Waals surface area contributed by atoms with Crippen molar-refractivity contribution in [2.75, 3.05) is 0 Å². The molecule has 0 aromatic heterocycles. The third kappa shape index (κ3) is 5.20. The number of carbonyl (C=O) groups excluding carboxylic acids is 1. The predicted molar refractivity (Wildman–Crippen MR) is 124 cm³/mol. The minimum absolute atomic E-state index is 0.0322. The van der Waals surface area contributed by atoms with Crippen LogP contribution in [0.2, 0.25) is 0 Å². The van der Waals surface area contributed by atoms with Crippen LogP contribution < -0.4 is 10.1 Å². The molecule has 36 heavy (non-hydrogen) atoms. The molecule has 9 heteroatoms. The van der Waals surface area contributed by atoms with Crippen molar-refractivity contribution < 1.29 is 35.9 Å². The molecule has 3 atom stereocenters. The van der Waals surface area contributed by atoms with E-state index in [0.717, 1.165) is 28.8 Å². The van der Waals surface area contributed by atoms with Crippen molar-refractivity contribution in [3.8, 4) is 5.75 Å². The Morgan fingerprint density at radius 3 is 2.19 bits per heavy atom. The van der Waals surface area contributed by atoms with Crippen LogP contribution in [0.4, 0.5) is 26.3 Å². The number of nitrogens with one attached hydrogen (secondary N) is 1. The van der Waals surface area contributed by atoms with Gasteiger partial charge in [-0.25, -0.2) is 0 Å². The first-order valence-corrected chi connectivity index (χ1v) is 11.2. The molecule has 190 valence electrons. The van der Waals surface area contributed by atoms with E-state index in [4.69, 9.17) is 0 Å². The highest BCUT2D eigenvalue weighted by Gasteiger charge is 2.54. The summed E-state index contributed by atoms with van der Waals surface area (Å²) in [6, 6.07) is 8.04. The number of ether oxygens (including phenoxy) is 1. The summed E-state index contributed by atoms with van der Waals surface area (Å²) in [7, 11) is 0. The highest BCUT2D eigenvalue weighted by molar-refractivity contribution is 5.95. The van der Waals surface area contributed by atoms with Crippen molar-refractivity contribution in [2.45, 2.75) is 44.3 Å². The van der Waals surface area contributed by atoms with Gasteiger partial charge in [0.2, 0.25) is 0 Å². The van der Waals surface area contributed by atoms with E-state index in [0.29, 0.717) is 19.4 Å². The molecule has 2 aliphatic carbocycles. The van der Waals surface area contributed by atoms with E-state index in [1.54, 1.807) is 0 Å². The van der Waals surface area contributed by atoms with Crippen LogP contribution in [0.1, 0.15) is 52.9 Å².